The van der Waals surface area contributed by atoms with E-state index in [1.807, 2.05) is 0 Å². The van der Waals surface area contributed by atoms with Crippen molar-refractivity contribution in [1.29, 1.82) is 0 Å². The average molecular weight is 595 g/mol. The molecule has 1 unspecified atom stereocenters. The Balaban J connectivity index is 1.25. The van der Waals surface area contributed by atoms with Gasteiger partial charge in [0.2, 0.25) is 0 Å². The standard InChI is InChI=1S/C40H50O4/c1-37(26-23-33-32(35(37)41)21-22-34-38(33,2)24-14-25-39(34,3)36(42)43-4)27-28-44-40(29-15-8-5-9-16-29,30-17-10-6-11-18-30)31-19-12-7-13-20-31/h5-13,15-20,32-35,41H,14,21-28H2,1-4H3/t32-,33+,34?,35+,37-,38-,39-/m1/s1. The van der Waals surface area contributed by atoms with Crippen LogP contribution in [0.25, 0.3) is 0 Å². The maximum atomic E-state index is 13.0. The minimum atomic E-state index is -0.756. The van der Waals surface area contributed by atoms with Crippen molar-refractivity contribution in [3.8, 4) is 0 Å². The third-order valence-electron chi connectivity index (χ3n) is 12.5. The molecule has 3 aliphatic carbocycles. The molecule has 3 aromatic rings. The van der Waals surface area contributed by atoms with E-state index in [0.29, 0.717) is 18.4 Å². The number of ether oxygens (including phenoxy) is 2. The normalized spacial score (nSPS) is 33.6. The van der Waals surface area contributed by atoms with Crippen LogP contribution >= 0.6 is 0 Å². The molecule has 3 fully saturated rings. The van der Waals surface area contributed by atoms with Gasteiger partial charge in [-0.15, -0.1) is 0 Å². The van der Waals surface area contributed by atoms with E-state index >= 15 is 0 Å². The first-order valence-electron chi connectivity index (χ1n) is 16.8. The molecule has 44 heavy (non-hydrogen) atoms. The lowest BCUT2D eigenvalue weighted by molar-refractivity contribution is -0.193. The molecule has 3 aliphatic rings. The second-order valence-electron chi connectivity index (χ2n) is 14.7. The Bertz CT molecular complexity index is 1310. The second-order valence-corrected chi connectivity index (χ2v) is 14.7. The Kier molecular flexibility index (Phi) is 8.54. The summed E-state index contributed by atoms with van der Waals surface area (Å²) in [7, 11) is 1.53. The van der Waals surface area contributed by atoms with Crippen LogP contribution in [-0.2, 0) is 19.9 Å². The monoisotopic (exact) mass is 594 g/mol. The Morgan fingerprint density at radius 3 is 1.86 bits per heavy atom. The molecule has 0 radical (unpaired) electrons. The van der Waals surface area contributed by atoms with Gasteiger partial charge in [0, 0.05) is 6.61 Å². The van der Waals surface area contributed by atoms with E-state index in [9.17, 15) is 9.90 Å². The minimum Gasteiger partial charge on any atom is -0.469 e. The summed E-state index contributed by atoms with van der Waals surface area (Å²) in [5, 5.41) is 12.1. The van der Waals surface area contributed by atoms with Crippen LogP contribution in [0.5, 0.6) is 0 Å². The first-order valence-corrected chi connectivity index (χ1v) is 16.8. The zero-order valence-electron chi connectivity index (χ0n) is 27.0. The first-order chi connectivity index (χ1) is 21.2. The van der Waals surface area contributed by atoms with E-state index in [1.165, 1.54) is 7.11 Å². The van der Waals surface area contributed by atoms with E-state index in [-0.39, 0.29) is 22.7 Å². The second kappa shape index (κ2) is 12.1. The molecule has 4 heteroatoms. The van der Waals surface area contributed by atoms with Gasteiger partial charge >= 0.3 is 5.97 Å². The molecule has 0 bridgehead atoms. The summed E-state index contributed by atoms with van der Waals surface area (Å²) in [4.78, 5) is 13.0. The molecular weight excluding hydrogens is 544 g/mol. The number of carbonyl (C=O) groups is 1. The van der Waals surface area contributed by atoms with Crippen molar-refractivity contribution in [2.75, 3.05) is 13.7 Å². The number of aliphatic hydroxyl groups is 1. The smallest absolute Gasteiger partial charge is 0.311 e. The average Bonchev–Trinajstić information content (AvgIpc) is 3.06. The molecule has 0 spiro atoms. The van der Waals surface area contributed by atoms with Gasteiger partial charge < -0.3 is 14.6 Å². The highest BCUT2D eigenvalue weighted by Gasteiger charge is 2.62. The van der Waals surface area contributed by atoms with Crippen molar-refractivity contribution in [3.63, 3.8) is 0 Å². The van der Waals surface area contributed by atoms with Crippen LogP contribution in [0.3, 0.4) is 0 Å². The topological polar surface area (TPSA) is 55.8 Å². The van der Waals surface area contributed by atoms with E-state index in [0.717, 1.165) is 68.1 Å². The Labute approximate surface area is 264 Å². The quantitative estimate of drug-likeness (QED) is 0.210. The molecule has 3 saturated carbocycles. The van der Waals surface area contributed by atoms with Crippen LogP contribution in [0.1, 0.15) is 88.8 Å². The van der Waals surface area contributed by atoms with Gasteiger partial charge in [0.25, 0.3) is 0 Å². The van der Waals surface area contributed by atoms with Gasteiger partial charge in [0.05, 0.1) is 18.6 Å². The largest absolute Gasteiger partial charge is 0.469 e. The SMILES string of the molecule is COC(=O)[C@]1(C)CCC[C@@]2(C)C1CC[C@H]1[C@H](O)[C@@](C)(CCOC(c3ccccc3)(c3ccccc3)c3ccccc3)CC[C@@H]12. The van der Waals surface area contributed by atoms with Gasteiger partial charge in [-0.1, -0.05) is 111 Å². The van der Waals surface area contributed by atoms with Gasteiger partial charge in [-0.3, -0.25) is 4.79 Å². The first kappa shape index (κ1) is 31.0. The zero-order valence-corrected chi connectivity index (χ0v) is 27.0. The van der Waals surface area contributed by atoms with Gasteiger partial charge in [-0.05, 0) is 97.1 Å². The van der Waals surface area contributed by atoms with Crippen LogP contribution in [-0.4, -0.2) is 30.9 Å². The lowest BCUT2D eigenvalue weighted by atomic mass is 9.42. The third kappa shape index (κ3) is 5.03. The van der Waals surface area contributed by atoms with Crippen LogP contribution < -0.4 is 0 Å². The van der Waals surface area contributed by atoms with Crippen LogP contribution in [0.4, 0.5) is 0 Å². The predicted molar refractivity (Wildman–Crippen MR) is 175 cm³/mol. The fourth-order valence-corrected chi connectivity index (χ4v) is 10.1. The van der Waals surface area contributed by atoms with Crippen molar-refractivity contribution in [2.24, 2.45) is 34.0 Å². The molecule has 0 saturated heterocycles. The molecule has 3 aromatic carbocycles. The summed E-state index contributed by atoms with van der Waals surface area (Å²) in [6.07, 6.45) is 7.47. The predicted octanol–water partition coefficient (Wildman–Crippen LogP) is 8.56. The van der Waals surface area contributed by atoms with E-state index in [1.54, 1.807) is 0 Å². The molecule has 0 amide bonds. The molecule has 6 rings (SSSR count). The number of methoxy groups -OCH3 is 1. The van der Waals surface area contributed by atoms with Gasteiger partial charge in [0.1, 0.15) is 5.60 Å². The highest BCUT2D eigenvalue weighted by Crippen LogP contribution is 2.65. The maximum absolute atomic E-state index is 13.0. The number of fused-ring (bicyclic) bond motifs is 3. The third-order valence-corrected chi connectivity index (χ3v) is 12.5. The molecule has 234 valence electrons. The highest BCUT2D eigenvalue weighted by molar-refractivity contribution is 5.77. The van der Waals surface area contributed by atoms with E-state index < -0.39 is 17.1 Å². The van der Waals surface area contributed by atoms with E-state index in [4.69, 9.17) is 9.47 Å². The minimum absolute atomic E-state index is 0.0476. The molecule has 1 N–H and O–H groups in total. The molecular formula is C40H50O4. The van der Waals surface area contributed by atoms with Gasteiger partial charge in [-0.25, -0.2) is 0 Å². The van der Waals surface area contributed by atoms with Gasteiger partial charge in [0.15, 0.2) is 0 Å². The lowest BCUT2D eigenvalue weighted by Crippen LogP contribution is -2.60. The number of esters is 1. The molecule has 7 atom stereocenters. The summed E-state index contributed by atoms with van der Waals surface area (Å²) in [5.41, 5.74) is 1.93. The van der Waals surface area contributed by atoms with Crippen molar-refractivity contribution in [1.82, 2.24) is 0 Å². The molecule has 0 aromatic heterocycles. The summed E-state index contributed by atoms with van der Waals surface area (Å²) < 4.78 is 12.5. The number of carbonyl (C=O) groups excluding carboxylic acids is 1. The van der Waals surface area contributed by atoms with Gasteiger partial charge in [-0.2, -0.15) is 0 Å². The Hall–Kier alpha value is -2.95. The Morgan fingerprint density at radius 1 is 0.795 bits per heavy atom. The van der Waals surface area contributed by atoms with Crippen LogP contribution in [0, 0.1) is 34.0 Å². The summed E-state index contributed by atoms with van der Waals surface area (Å²) in [5.74, 6) is 0.924. The summed E-state index contributed by atoms with van der Waals surface area (Å²) in [6, 6.07) is 31.6. The number of aliphatic hydroxyl groups excluding tert-OH is 1. The number of rotatable bonds is 8. The van der Waals surface area contributed by atoms with Crippen molar-refractivity contribution >= 4 is 5.97 Å². The Morgan fingerprint density at radius 2 is 1.34 bits per heavy atom. The number of hydrogen-bond donors (Lipinski definition) is 1. The van der Waals surface area contributed by atoms with Crippen LogP contribution in [0.2, 0.25) is 0 Å². The van der Waals surface area contributed by atoms with Crippen LogP contribution in [0.15, 0.2) is 91.0 Å². The molecule has 0 heterocycles. The maximum Gasteiger partial charge on any atom is 0.311 e. The summed E-state index contributed by atoms with van der Waals surface area (Å²) in [6.45, 7) is 7.37. The fourth-order valence-electron chi connectivity index (χ4n) is 10.1. The molecule has 4 nitrogen and oxygen atoms in total. The van der Waals surface area contributed by atoms with E-state index in [2.05, 4.69) is 112 Å². The van der Waals surface area contributed by atoms with Crippen molar-refractivity contribution < 1.29 is 19.4 Å². The fraction of sp³-hybridized carbons (Fsp3) is 0.525. The number of hydrogen-bond acceptors (Lipinski definition) is 4. The highest BCUT2D eigenvalue weighted by atomic mass is 16.5. The lowest BCUT2D eigenvalue weighted by Gasteiger charge is -2.63. The van der Waals surface area contributed by atoms with Crippen molar-refractivity contribution in [3.05, 3.63) is 108 Å². The summed E-state index contributed by atoms with van der Waals surface area (Å²) >= 11 is 0. The zero-order chi connectivity index (χ0) is 31.0. The van der Waals surface area contributed by atoms with Crippen molar-refractivity contribution in [2.45, 2.75) is 83.8 Å². The number of benzene rings is 3. The molecule has 0 aliphatic heterocycles.